The second kappa shape index (κ2) is 18.8. The van der Waals surface area contributed by atoms with Crippen LogP contribution >= 0.6 is 0 Å². The lowest BCUT2D eigenvalue weighted by molar-refractivity contribution is 0.927. The van der Waals surface area contributed by atoms with E-state index in [9.17, 15) is 33.6 Å². The summed E-state index contributed by atoms with van der Waals surface area (Å²) in [6, 6.07) is 4.95. The third-order valence-electron chi connectivity index (χ3n) is 9.01. The van der Waals surface area contributed by atoms with Crippen LogP contribution in [0.25, 0.3) is 55.4 Å². The first-order valence-corrected chi connectivity index (χ1v) is 18.7. The molecule has 0 radical (unpaired) electrons. The number of imidazole rings is 2. The first kappa shape index (κ1) is 43.1. The van der Waals surface area contributed by atoms with Gasteiger partial charge in [0.05, 0.1) is 47.0 Å². The average Bonchev–Trinajstić information content (AvgIpc) is 4.13. The highest BCUT2D eigenvalue weighted by Crippen LogP contribution is 2.12. The van der Waals surface area contributed by atoms with Gasteiger partial charge in [-0.3, -0.25) is 48.9 Å². The van der Waals surface area contributed by atoms with Crippen molar-refractivity contribution in [1.82, 2.24) is 93.9 Å². The van der Waals surface area contributed by atoms with Gasteiger partial charge in [-0.2, -0.15) is 4.98 Å². The molecule has 65 heavy (non-hydrogen) atoms. The normalized spacial score (nSPS) is 11.2. The van der Waals surface area contributed by atoms with E-state index in [1.165, 1.54) is 19.0 Å². The van der Waals surface area contributed by atoms with E-state index in [0.717, 1.165) is 12.2 Å². The van der Waals surface area contributed by atoms with Crippen molar-refractivity contribution < 1.29 is 0 Å². The molecule has 1 aliphatic heterocycles. The molecule has 1 aliphatic rings. The van der Waals surface area contributed by atoms with Crippen molar-refractivity contribution in [3.05, 3.63) is 147 Å². The Bertz CT molecular complexity index is 3850. The number of nitrogens with one attached hydrogen (secondary N) is 11. The molecule has 0 unspecified atom stereocenters. The SMILES string of the molecule is Cn1cnc2c(=O)[nH]cnc21.Cn1cnc2c(N)ncnc21.Nc1nc2[nH]ccc2c(=O)[nH]1.O=c1[nH]c(=O)c2cc[nH]c2[nH]1.O=c1[nH]c2c(c(=O)[nH]1)CCN2.O=c1[nH]cnc2[nH]ccc12. The molecule has 12 heterocycles. The molecule has 0 atom stereocenters. The Hall–Kier alpha value is -9.96. The van der Waals surface area contributed by atoms with Crippen molar-refractivity contribution in [2.75, 3.05) is 23.3 Å². The number of aromatic amines is 10. The predicted octanol–water partition coefficient (Wildman–Crippen LogP) is -1.74. The molecule has 0 bridgehead atoms. The van der Waals surface area contributed by atoms with E-state index in [4.69, 9.17) is 11.5 Å². The van der Waals surface area contributed by atoms with Gasteiger partial charge >= 0.3 is 11.4 Å². The minimum absolute atomic E-state index is 0.105. The van der Waals surface area contributed by atoms with Crippen LogP contribution in [0.5, 0.6) is 0 Å². The third kappa shape index (κ3) is 9.83. The average molecular weight is 889 g/mol. The van der Waals surface area contributed by atoms with E-state index in [-0.39, 0.29) is 33.7 Å². The Morgan fingerprint density at radius 1 is 0.554 bits per heavy atom. The van der Waals surface area contributed by atoms with Crippen LogP contribution in [0.3, 0.4) is 0 Å². The van der Waals surface area contributed by atoms with Crippen LogP contribution in [-0.4, -0.2) is 100 Å². The van der Waals surface area contributed by atoms with E-state index in [2.05, 4.69) is 90.0 Å². The molecule has 0 saturated carbocycles. The van der Waals surface area contributed by atoms with Gasteiger partial charge in [-0.1, -0.05) is 0 Å². The highest BCUT2D eigenvalue weighted by molar-refractivity contribution is 5.81. The summed E-state index contributed by atoms with van der Waals surface area (Å²) < 4.78 is 3.50. The molecule has 11 aromatic rings. The molecule has 12 rings (SSSR count). The fraction of sp³-hybridized carbons (Fsp3) is 0.111. The maximum atomic E-state index is 11.1. The van der Waals surface area contributed by atoms with E-state index in [1.54, 1.807) is 65.6 Å². The second-order valence-corrected chi connectivity index (χ2v) is 13.3. The minimum atomic E-state index is -0.495. The minimum Gasteiger partial charge on any atom is -0.382 e. The van der Waals surface area contributed by atoms with E-state index < -0.39 is 11.4 Å². The van der Waals surface area contributed by atoms with E-state index in [1.807, 2.05) is 7.05 Å². The number of nitrogen functional groups attached to an aromatic ring is 2. The number of anilines is 3. The van der Waals surface area contributed by atoms with Gasteiger partial charge in [-0.25, -0.2) is 39.5 Å². The molecule has 0 aliphatic carbocycles. The molecular formula is C36H36N22O7. The van der Waals surface area contributed by atoms with Crippen LogP contribution in [0.15, 0.2) is 102 Å². The summed E-state index contributed by atoms with van der Waals surface area (Å²) in [5.41, 5.74) is 13.4. The molecule has 0 spiro atoms. The summed E-state index contributed by atoms with van der Waals surface area (Å²) in [4.78, 5) is 129. The number of aryl methyl sites for hydroxylation is 2. The maximum absolute atomic E-state index is 11.1. The van der Waals surface area contributed by atoms with Crippen LogP contribution < -0.4 is 56.0 Å². The Kier molecular flexibility index (Phi) is 12.4. The molecule has 0 fully saturated rings. The van der Waals surface area contributed by atoms with E-state index in [0.29, 0.717) is 73.4 Å². The van der Waals surface area contributed by atoms with Crippen LogP contribution in [0.2, 0.25) is 0 Å². The van der Waals surface area contributed by atoms with Gasteiger partial charge in [0.25, 0.3) is 27.8 Å². The van der Waals surface area contributed by atoms with Crippen molar-refractivity contribution in [2.45, 2.75) is 6.42 Å². The number of nitrogens with two attached hydrogens (primary N) is 2. The van der Waals surface area contributed by atoms with E-state index >= 15 is 0 Å². The first-order valence-electron chi connectivity index (χ1n) is 18.7. The van der Waals surface area contributed by atoms with Crippen LogP contribution in [0, 0.1) is 0 Å². The molecule has 0 aromatic carbocycles. The van der Waals surface area contributed by atoms with Crippen LogP contribution in [0.4, 0.5) is 17.6 Å². The number of hydrogen-bond donors (Lipinski definition) is 13. The first-order chi connectivity index (χ1) is 31.3. The van der Waals surface area contributed by atoms with Gasteiger partial charge in [0.2, 0.25) is 5.95 Å². The zero-order chi connectivity index (χ0) is 46.2. The lowest BCUT2D eigenvalue weighted by Gasteiger charge is -1.94. The summed E-state index contributed by atoms with van der Waals surface area (Å²) in [5.74, 6) is 1.12. The monoisotopic (exact) mass is 888 g/mol. The summed E-state index contributed by atoms with van der Waals surface area (Å²) >= 11 is 0. The molecule has 11 aromatic heterocycles. The van der Waals surface area contributed by atoms with Gasteiger partial charge in [-0.15, -0.1) is 0 Å². The Morgan fingerprint density at radius 3 is 1.88 bits per heavy atom. The summed E-state index contributed by atoms with van der Waals surface area (Å²) in [5, 5.41) is 4.50. The fourth-order valence-corrected chi connectivity index (χ4v) is 5.96. The Labute approximate surface area is 357 Å². The Balaban J connectivity index is 0.000000116. The second-order valence-electron chi connectivity index (χ2n) is 13.3. The molecule has 29 nitrogen and oxygen atoms in total. The number of H-pyrrole nitrogens is 10. The van der Waals surface area contributed by atoms with Crippen molar-refractivity contribution in [1.29, 1.82) is 0 Å². The summed E-state index contributed by atoms with van der Waals surface area (Å²) in [6.45, 7) is 0.721. The number of rotatable bonds is 0. The maximum Gasteiger partial charge on any atom is 0.327 e. The topological polar surface area (TPSA) is 442 Å². The summed E-state index contributed by atoms with van der Waals surface area (Å²) in [6.07, 6.45) is 13.0. The zero-order valence-electron chi connectivity index (χ0n) is 33.8. The predicted molar refractivity (Wildman–Crippen MR) is 237 cm³/mol. The van der Waals surface area contributed by atoms with Gasteiger partial charge in [-0.05, 0) is 24.6 Å². The third-order valence-corrected chi connectivity index (χ3v) is 9.01. The molecule has 332 valence electrons. The number of hydrogen-bond acceptors (Lipinski definition) is 17. The lowest BCUT2D eigenvalue weighted by atomic mass is 10.3. The zero-order valence-corrected chi connectivity index (χ0v) is 33.8. The largest absolute Gasteiger partial charge is 0.382 e. The number of fused-ring (bicyclic) bond motifs is 6. The van der Waals surface area contributed by atoms with Gasteiger partial charge < -0.3 is 50.8 Å². The fourth-order valence-electron chi connectivity index (χ4n) is 5.96. The standard InChI is InChI=1S/C6H7N5.2C6H6N4O.C6H7N3O2.C6H5N3O2.C6H5N3O/c1-11-3-10-4-5(7)8-2-9-6(4)11;1-10-3-9-4-5(10)7-2-8-6(4)11;7-6-9-4-3(1-2-8-4)5(11)10-6;2*10-5-3-1-2-7-4(3)8-6(11)9-5;10-6-4-1-2-7-5(4)8-3-9-6/h2-3H,1H3,(H2,7,8,9);2-3H,1H3,(H,7,8,11);1-2H,(H4,7,8,9,10,11);1-2H2,(H3,7,8,9,10,11);1-2H,(H3,7,8,9,10,11);1-3H,(H2,7,8,9,10). The number of aromatic nitrogens is 19. The summed E-state index contributed by atoms with van der Waals surface area (Å²) in [7, 11) is 3.66. The molecular weight excluding hydrogens is 853 g/mol. The van der Waals surface area contributed by atoms with Gasteiger partial charge in [0.15, 0.2) is 22.6 Å². The van der Waals surface area contributed by atoms with Crippen molar-refractivity contribution in [3.63, 3.8) is 0 Å². The molecule has 29 heteroatoms. The quantitative estimate of drug-likeness (QED) is 0.0804. The highest BCUT2D eigenvalue weighted by atomic mass is 16.2. The molecule has 0 saturated heterocycles. The van der Waals surface area contributed by atoms with Crippen molar-refractivity contribution in [3.8, 4) is 0 Å². The molecule has 15 N–H and O–H groups in total. The van der Waals surface area contributed by atoms with Crippen LogP contribution in [0.1, 0.15) is 5.56 Å². The van der Waals surface area contributed by atoms with Gasteiger partial charge in [0, 0.05) is 39.2 Å². The van der Waals surface area contributed by atoms with Crippen LogP contribution in [-0.2, 0) is 20.5 Å². The lowest BCUT2D eigenvalue weighted by Crippen LogP contribution is -2.24. The number of nitrogens with zero attached hydrogens (tertiary/aromatic N) is 9. The van der Waals surface area contributed by atoms with Crippen molar-refractivity contribution in [2.24, 2.45) is 14.1 Å². The smallest absolute Gasteiger partial charge is 0.327 e. The molecule has 0 amide bonds. The Morgan fingerprint density at radius 2 is 1.15 bits per heavy atom. The van der Waals surface area contributed by atoms with Gasteiger partial charge in [0.1, 0.15) is 34.6 Å². The van der Waals surface area contributed by atoms with Crippen molar-refractivity contribution >= 4 is 73.0 Å². The highest BCUT2D eigenvalue weighted by Gasteiger charge is 2.14.